The Morgan fingerprint density at radius 2 is 1.52 bits per heavy atom. The number of aryl methyl sites for hydroxylation is 1. The summed E-state index contributed by atoms with van der Waals surface area (Å²) in [4.78, 5) is 40.0. The van der Waals surface area contributed by atoms with Crippen LogP contribution < -0.4 is 14.4 Å². The Labute approximate surface area is 268 Å². The van der Waals surface area contributed by atoms with E-state index in [1.54, 1.807) is 19.1 Å². The number of sulfonamides is 1. The second-order valence-corrected chi connectivity index (χ2v) is 12.4. The van der Waals surface area contributed by atoms with Gasteiger partial charge in [-0.05, 0) is 55.3 Å². The van der Waals surface area contributed by atoms with Crippen LogP contribution in [0.25, 0.3) is 0 Å². The van der Waals surface area contributed by atoms with Gasteiger partial charge in [0.25, 0.3) is 15.7 Å². The van der Waals surface area contributed by atoms with E-state index in [4.69, 9.17) is 4.74 Å². The zero-order valence-electron chi connectivity index (χ0n) is 25.8. The summed E-state index contributed by atoms with van der Waals surface area (Å²) in [6.07, 6.45) is 0.185. The van der Waals surface area contributed by atoms with Gasteiger partial charge in [0.1, 0.15) is 18.3 Å². The number of rotatable bonds is 14. The molecule has 0 radical (unpaired) electrons. The van der Waals surface area contributed by atoms with Crippen molar-refractivity contribution >= 4 is 33.2 Å². The molecule has 0 aromatic heterocycles. The molecule has 0 bridgehead atoms. The lowest BCUT2D eigenvalue weighted by atomic mass is 10.0. The molecular formula is C34H36N4O7S. The molecule has 0 aliphatic rings. The number of anilines is 1. The van der Waals surface area contributed by atoms with Crippen molar-refractivity contribution in [1.29, 1.82) is 0 Å². The Balaban J connectivity index is 1.82. The first-order valence-corrected chi connectivity index (χ1v) is 16.1. The summed E-state index contributed by atoms with van der Waals surface area (Å²) < 4.78 is 34.6. The minimum atomic E-state index is -4.52. The fourth-order valence-electron chi connectivity index (χ4n) is 4.98. The van der Waals surface area contributed by atoms with Crippen molar-refractivity contribution in [3.8, 4) is 5.75 Å². The van der Waals surface area contributed by atoms with E-state index >= 15 is 0 Å². The molecule has 2 amide bonds. The number of hydrogen-bond donors (Lipinski definition) is 1. The zero-order chi connectivity index (χ0) is 33.3. The molecule has 4 aromatic rings. The molecule has 1 atom stereocenters. The SMILES string of the molecule is CCNC(=O)C(Cc1ccccc1)N(Cc1ccccc1)C(=O)CN(c1ccc(OC)cc1)S(=O)(=O)c1ccc(C)c([N+](=O)[O-])c1. The van der Waals surface area contributed by atoms with E-state index in [-0.39, 0.29) is 40.7 Å². The molecule has 1 unspecified atom stereocenters. The predicted octanol–water partition coefficient (Wildman–Crippen LogP) is 4.88. The molecule has 0 saturated heterocycles. The number of hydrogen-bond acceptors (Lipinski definition) is 7. The normalized spacial score (nSPS) is 11.7. The number of amides is 2. The highest BCUT2D eigenvalue weighted by Crippen LogP contribution is 2.29. The second kappa shape index (κ2) is 15.2. The van der Waals surface area contributed by atoms with E-state index in [9.17, 15) is 28.1 Å². The lowest BCUT2D eigenvalue weighted by Crippen LogP contribution is -2.53. The highest BCUT2D eigenvalue weighted by atomic mass is 32.2. The van der Waals surface area contributed by atoms with Crippen LogP contribution in [0.2, 0.25) is 0 Å². The van der Waals surface area contributed by atoms with Gasteiger partial charge < -0.3 is 15.0 Å². The van der Waals surface area contributed by atoms with Gasteiger partial charge in [-0.3, -0.25) is 24.0 Å². The minimum Gasteiger partial charge on any atom is -0.497 e. The molecule has 12 heteroatoms. The van der Waals surface area contributed by atoms with Crippen LogP contribution in [0.3, 0.4) is 0 Å². The number of nitrogens with zero attached hydrogens (tertiary/aromatic N) is 3. The molecular weight excluding hydrogens is 608 g/mol. The van der Waals surface area contributed by atoms with E-state index < -0.39 is 33.4 Å². The van der Waals surface area contributed by atoms with Gasteiger partial charge in [0.15, 0.2) is 0 Å². The molecule has 4 rings (SSSR count). The maximum atomic E-state index is 14.4. The van der Waals surface area contributed by atoms with Crippen molar-refractivity contribution in [2.75, 3.05) is 24.5 Å². The summed E-state index contributed by atoms with van der Waals surface area (Å²) in [5.74, 6) is -0.566. The Morgan fingerprint density at radius 1 is 0.913 bits per heavy atom. The van der Waals surface area contributed by atoms with E-state index in [1.807, 2.05) is 60.7 Å². The fraction of sp³-hybridized carbons (Fsp3) is 0.235. The van der Waals surface area contributed by atoms with Gasteiger partial charge in [0, 0.05) is 31.1 Å². The number of ether oxygens (including phenoxy) is 1. The van der Waals surface area contributed by atoms with Gasteiger partial charge in [0.2, 0.25) is 11.8 Å². The smallest absolute Gasteiger partial charge is 0.273 e. The first-order valence-electron chi connectivity index (χ1n) is 14.6. The lowest BCUT2D eigenvalue weighted by Gasteiger charge is -2.33. The molecule has 0 aliphatic carbocycles. The van der Waals surface area contributed by atoms with Crippen LogP contribution in [0.5, 0.6) is 5.75 Å². The first-order chi connectivity index (χ1) is 22.0. The quantitative estimate of drug-likeness (QED) is 0.152. The number of nitrogens with one attached hydrogen (secondary N) is 1. The fourth-order valence-corrected chi connectivity index (χ4v) is 6.41. The van der Waals surface area contributed by atoms with E-state index in [0.717, 1.165) is 21.5 Å². The van der Waals surface area contributed by atoms with Crippen LogP contribution in [-0.2, 0) is 32.6 Å². The summed E-state index contributed by atoms with van der Waals surface area (Å²) in [5, 5.41) is 14.5. The standard InChI is InChI=1S/C34H36N4O7S/c1-4-35-34(40)32(21-26-11-7-5-8-12-26)36(23-27-13-9-6-10-14-27)33(39)24-37(28-16-18-29(45-3)19-17-28)46(43,44)30-20-15-25(2)31(22-30)38(41)42/h5-20,22,32H,4,21,23-24H2,1-3H3,(H,35,40). The van der Waals surface area contributed by atoms with E-state index in [2.05, 4.69) is 5.32 Å². The van der Waals surface area contributed by atoms with Crippen molar-refractivity contribution in [3.05, 3.63) is 130 Å². The molecule has 4 aromatic carbocycles. The number of likely N-dealkylation sites (N-methyl/N-ethyl adjacent to an activating group) is 1. The molecule has 240 valence electrons. The van der Waals surface area contributed by atoms with Gasteiger partial charge in [-0.25, -0.2) is 8.42 Å². The molecule has 0 spiro atoms. The Hall–Kier alpha value is -5.23. The number of carbonyl (C=O) groups is 2. The van der Waals surface area contributed by atoms with Gasteiger partial charge in [-0.2, -0.15) is 0 Å². The zero-order valence-corrected chi connectivity index (χ0v) is 26.6. The number of carbonyl (C=O) groups excluding carboxylic acids is 2. The summed E-state index contributed by atoms with van der Waals surface area (Å²) in [5.41, 5.74) is 1.61. The Morgan fingerprint density at radius 3 is 2.09 bits per heavy atom. The van der Waals surface area contributed by atoms with Crippen LogP contribution in [0, 0.1) is 17.0 Å². The van der Waals surface area contributed by atoms with Crippen LogP contribution >= 0.6 is 0 Å². The van der Waals surface area contributed by atoms with Crippen molar-refractivity contribution in [2.45, 2.75) is 37.8 Å². The molecule has 1 N–H and O–H groups in total. The molecule has 46 heavy (non-hydrogen) atoms. The average Bonchev–Trinajstić information content (AvgIpc) is 3.06. The third-order valence-electron chi connectivity index (χ3n) is 7.42. The van der Waals surface area contributed by atoms with E-state index in [0.29, 0.717) is 12.3 Å². The van der Waals surface area contributed by atoms with Gasteiger partial charge in [-0.1, -0.05) is 66.7 Å². The van der Waals surface area contributed by atoms with Gasteiger partial charge in [-0.15, -0.1) is 0 Å². The molecule has 0 fully saturated rings. The molecule has 11 nitrogen and oxygen atoms in total. The summed E-state index contributed by atoms with van der Waals surface area (Å²) >= 11 is 0. The Bertz CT molecular complexity index is 1770. The summed E-state index contributed by atoms with van der Waals surface area (Å²) in [6.45, 7) is 2.96. The van der Waals surface area contributed by atoms with Crippen LogP contribution in [0.4, 0.5) is 11.4 Å². The number of benzene rings is 4. The van der Waals surface area contributed by atoms with Crippen molar-refractivity contribution in [2.24, 2.45) is 0 Å². The molecule has 0 aliphatic heterocycles. The highest BCUT2D eigenvalue weighted by molar-refractivity contribution is 7.92. The van der Waals surface area contributed by atoms with E-state index in [1.165, 1.54) is 43.2 Å². The lowest BCUT2D eigenvalue weighted by molar-refractivity contribution is -0.385. The first kappa shape index (κ1) is 33.7. The second-order valence-electron chi connectivity index (χ2n) is 10.5. The minimum absolute atomic E-state index is 0.0286. The van der Waals surface area contributed by atoms with Crippen molar-refractivity contribution in [3.63, 3.8) is 0 Å². The van der Waals surface area contributed by atoms with Crippen LogP contribution in [-0.4, -0.2) is 56.3 Å². The van der Waals surface area contributed by atoms with Crippen LogP contribution in [0.1, 0.15) is 23.6 Å². The summed E-state index contributed by atoms with van der Waals surface area (Å²) in [7, 11) is -3.06. The van der Waals surface area contributed by atoms with Crippen molar-refractivity contribution < 1.29 is 27.7 Å². The molecule has 0 heterocycles. The third-order valence-corrected chi connectivity index (χ3v) is 9.19. The van der Waals surface area contributed by atoms with Crippen molar-refractivity contribution in [1.82, 2.24) is 10.2 Å². The monoisotopic (exact) mass is 644 g/mol. The number of nitro benzene ring substituents is 1. The Kier molecular flexibility index (Phi) is 11.1. The van der Waals surface area contributed by atoms with Gasteiger partial charge >= 0.3 is 0 Å². The maximum Gasteiger partial charge on any atom is 0.273 e. The number of methoxy groups -OCH3 is 1. The largest absolute Gasteiger partial charge is 0.497 e. The van der Waals surface area contributed by atoms with Gasteiger partial charge in [0.05, 0.1) is 22.6 Å². The predicted molar refractivity (Wildman–Crippen MR) is 175 cm³/mol. The highest BCUT2D eigenvalue weighted by Gasteiger charge is 2.35. The van der Waals surface area contributed by atoms with Crippen LogP contribution in [0.15, 0.2) is 108 Å². The topological polar surface area (TPSA) is 139 Å². The maximum absolute atomic E-state index is 14.4. The summed E-state index contributed by atoms with van der Waals surface area (Å²) in [6, 6.07) is 27.1. The average molecular weight is 645 g/mol. The third kappa shape index (κ3) is 8.07. The molecule has 0 saturated carbocycles. The number of nitro groups is 1.